The highest BCUT2D eigenvalue weighted by atomic mass is 16.5. The molecule has 2 nitrogen and oxygen atoms in total. The molecule has 0 aromatic rings. The van der Waals surface area contributed by atoms with Crippen LogP contribution >= 0.6 is 0 Å². The molecular weight excluding hydrogens is 234 g/mol. The van der Waals surface area contributed by atoms with Crippen LogP contribution in [-0.2, 0) is 4.74 Å². The fraction of sp³-hybridized carbons (Fsp3) is 1.00. The Morgan fingerprint density at radius 3 is 2.37 bits per heavy atom. The van der Waals surface area contributed by atoms with Gasteiger partial charge in [0.2, 0.25) is 0 Å². The van der Waals surface area contributed by atoms with E-state index in [1.54, 1.807) is 0 Å². The van der Waals surface area contributed by atoms with E-state index in [9.17, 15) is 0 Å². The molecule has 1 spiro atoms. The molecular formula is C17H31NO. The number of hydrogen-bond acceptors (Lipinski definition) is 2. The summed E-state index contributed by atoms with van der Waals surface area (Å²) in [6.07, 6.45) is 15.6. The second kappa shape index (κ2) is 5.73. The van der Waals surface area contributed by atoms with E-state index in [0.29, 0.717) is 17.1 Å². The summed E-state index contributed by atoms with van der Waals surface area (Å²) >= 11 is 0. The van der Waals surface area contributed by atoms with Crippen molar-refractivity contribution < 1.29 is 4.74 Å². The van der Waals surface area contributed by atoms with Crippen LogP contribution in [0, 0.1) is 5.41 Å². The molecule has 1 saturated heterocycles. The molecule has 2 aliphatic carbocycles. The van der Waals surface area contributed by atoms with Gasteiger partial charge in [0.25, 0.3) is 0 Å². The first-order valence-electron chi connectivity index (χ1n) is 8.58. The maximum atomic E-state index is 6.43. The van der Waals surface area contributed by atoms with Gasteiger partial charge in [-0.2, -0.15) is 0 Å². The predicted octanol–water partition coefficient (Wildman–Crippen LogP) is 4.04. The zero-order chi connectivity index (χ0) is 13.2. The lowest BCUT2D eigenvalue weighted by atomic mass is 9.83. The van der Waals surface area contributed by atoms with Crippen molar-refractivity contribution in [2.24, 2.45) is 5.41 Å². The second-order valence-electron chi connectivity index (χ2n) is 7.67. The number of hydrogen-bond donors (Lipinski definition) is 1. The maximum Gasteiger partial charge on any atom is 0.0708 e. The standard InChI is InChI=1S/C17H31NO/c1-16(8-5-6-9-16)14-18-13-15-7-12-17(19-15)10-3-2-4-11-17/h15,18H,2-14H2,1H3. The third-order valence-electron chi connectivity index (χ3n) is 5.84. The van der Waals surface area contributed by atoms with Crippen LogP contribution in [0.25, 0.3) is 0 Å². The second-order valence-corrected chi connectivity index (χ2v) is 7.67. The minimum atomic E-state index is 0.294. The van der Waals surface area contributed by atoms with Crippen molar-refractivity contribution in [1.29, 1.82) is 0 Å². The Balaban J connectivity index is 1.39. The van der Waals surface area contributed by atoms with Crippen LogP contribution in [0.2, 0.25) is 0 Å². The van der Waals surface area contributed by atoms with Gasteiger partial charge in [-0.3, -0.25) is 0 Å². The third-order valence-corrected chi connectivity index (χ3v) is 5.84. The Labute approximate surface area is 118 Å². The summed E-state index contributed by atoms with van der Waals surface area (Å²) in [7, 11) is 0. The molecule has 0 bridgehead atoms. The summed E-state index contributed by atoms with van der Waals surface area (Å²) < 4.78 is 6.43. The Morgan fingerprint density at radius 1 is 0.947 bits per heavy atom. The molecule has 0 amide bonds. The fourth-order valence-corrected chi connectivity index (χ4v) is 4.54. The highest BCUT2D eigenvalue weighted by Gasteiger charge is 2.40. The largest absolute Gasteiger partial charge is 0.370 e. The Hall–Kier alpha value is -0.0800. The average Bonchev–Trinajstić information content (AvgIpc) is 2.99. The van der Waals surface area contributed by atoms with E-state index in [4.69, 9.17) is 4.74 Å². The van der Waals surface area contributed by atoms with Crippen LogP contribution in [-0.4, -0.2) is 24.8 Å². The average molecular weight is 265 g/mol. The Morgan fingerprint density at radius 2 is 1.63 bits per heavy atom. The lowest BCUT2D eigenvalue weighted by molar-refractivity contribution is -0.0627. The van der Waals surface area contributed by atoms with Gasteiger partial charge < -0.3 is 10.1 Å². The highest BCUT2D eigenvalue weighted by Crippen LogP contribution is 2.42. The quantitative estimate of drug-likeness (QED) is 0.828. The van der Waals surface area contributed by atoms with Crippen molar-refractivity contribution in [3.8, 4) is 0 Å². The number of nitrogens with one attached hydrogen (secondary N) is 1. The van der Waals surface area contributed by atoms with Crippen LogP contribution in [0.3, 0.4) is 0 Å². The molecule has 1 atom stereocenters. The van der Waals surface area contributed by atoms with Gasteiger partial charge in [0.15, 0.2) is 0 Å². The summed E-state index contributed by atoms with van der Waals surface area (Å²) in [5.74, 6) is 0. The van der Waals surface area contributed by atoms with E-state index < -0.39 is 0 Å². The normalized spacial score (nSPS) is 33.0. The van der Waals surface area contributed by atoms with Crippen molar-refractivity contribution in [1.82, 2.24) is 5.32 Å². The molecule has 1 N–H and O–H groups in total. The minimum absolute atomic E-state index is 0.294. The maximum absolute atomic E-state index is 6.43. The van der Waals surface area contributed by atoms with Gasteiger partial charge in [0.1, 0.15) is 0 Å². The van der Waals surface area contributed by atoms with Gasteiger partial charge in [0.05, 0.1) is 11.7 Å². The van der Waals surface area contributed by atoms with E-state index in [1.165, 1.54) is 77.2 Å². The summed E-state index contributed by atoms with van der Waals surface area (Å²) in [6.45, 7) is 4.72. The van der Waals surface area contributed by atoms with Crippen LogP contribution in [0.5, 0.6) is 0 Å². The van der Waals surface area contributed by atoms with Crippen LogP contribution in [0.15, 0.2) is 0 Å². The number of rotatable bonds is 4. The third kappa shape index (κ3) is 3.33. The van der Waals surface area contributed by atoms with E-state index in [-0.39, 0.29) is 0 Å². The van der Waals surface area contributed by atoms with Crippen LogP contribution < -0.4 is 5.32 Å². The lowest BCUT2D eigenvalue weighted by Crippen LogP contribution is -2.37. The van der Waals surface area contributed by atoms with Gasteiger partial charge in [-0.25, -0.2) is 0 Å². The first-order valence-corrected chi connectivity index (χ1v) is 8.58. The van der Waals surface area contributed by atoms with Crippen LogP contribution in [0.1, 0.15) is 77.6 Å². The van der Waals surface area contributed by atoms with Gasteiger partial charge in [-0.1, -0.05) is 39.0 Å². The first kappa shape index (κ1) is 13.9. The van der Waals surface area contributed by atoms with Gasteiger partial charge in [-0.05, 0) is 43.9 Å². The first-order chi connectivity index (χ1) is 9.20. The van der Waals surface area contributed by atoms with Gasteiger partial charge in [0, 0.05) is 13.1 Å². The minimum Gasteiger partial charge on any atom is -0.370 e. The van der Waals surface area contributed by atoms with E-state index in [2.05, 4.69) is 12.2 Å². The SMILES string of the molecule is CC1(CNCC2CCC3(CCCCC3)O2)CCCC1. The zero-order valence-electron chi connectivity index (χ0n) is 12.7. The molecule has 19 heavy (non-hydrogen) atoms. The topological polar surface area (TPSA) is 21.3 Å². The van der Waals surface area contributed by atoms with Gasteiger partial charge >= 0.3 is 0 Å². The van der Waals surface area contributed by atoms with Gasteiger partial charge in [-0.15, -0.1) is 0 Å². The molecule has 2 heteroatoms. The van der Waals surface area contributed by atoms with E-state index in [1.807, 2.05) is 0 Å². The molecule has 3 fully saturated rings. The smallest absolute Gasteiger partial charge is 0.0708 e. The molecule has 0 aromatic carbocycles. The molecule has 0 radical (unpaired) electrons. The Kier molecular flexibility index (Phi) is 4.19. The van der Waals surface area contributed by atoms with E-state index in [0.717, 1.165) is 6.54 Å². The summed E-state index contributed by atoms with van der Waals surface area (Å²) in [5.41, 5.74) is 0.864. The molecule has 3 aliphatic rings. The molecule has 110 valence electrons. The molecule has 0 aromatic heterocycles. The molecule has 3 rings (SSSR count). The van der Waals surface area contributed by atoms with Crippen molar-refractivity contribution >= 4 is 0 Å². The Bertz CT molecular complexity index is 290. The summed E-state index contributed by atoms with van der Waals surface area (Å²) in [6, 6.07) is 0. The molecule has 1 aliphatic heterocycles. The monoisotopic (exact) mass is 265 g/mol. The van der Waals surface area contributed by atoms with Crippen LogP contribution in [0.4, 0.5) is 0 Å². The fourth-order valence-electron chi connectivity index (χ4n) is 4.54. The van der Waals surface area contributed by atoms with Crippen molar-refractivity contribution in [3.63, 3.8) is 0 Å². The molecule has 2 saturated carbocycles. The lowest BCUT2D eigenvalue weighted by Gasteiger charge is -2.33. The molecule has 1 heterocycles. The predicted molar refractivity (Wildman–Crippen MR) is 79.4 cm³/mol. The zero-order valence-corrected chi connectivity index (χ0v) is 12.7. The highest BCUT2D eigenvalue weighted by molar-refractivity contribution is 4.92. The van der Waals surface area contributed by atoms with Crippen molar-refractivity contribution in [2.45, 2.75) is 89.3 Å². The van der Waals surface area contributed by atoms with Crippen molar-refractivity contribution in [2.75, 3.05) is 13.1 Å². The van der Waals surface area contributed by atoms with E-state index >= 15 is 0 Å². The summed E-state index contributed by atoms with van der Waals surface area (Å²) in [5, 5.41) is 3.71. The van der Waals surface area contributed by atoms with Crippen molar-refractivity contribution in [3.05, 3.63) is 0 Å². The number of ether oxygens (including phenoxy) is 1. The molecule has 1 unspecified atom stereocenters. The summed E-state index contributed by atoms with van der Waals surface area (Å²) in [4.78, 5) is 0.